The fraction of sp³-hybridized carbons (Fsp3) is 0.111. The van der Waals surface area contributed by atoms with Gasteiger partial charge in [0.2, 0.25) is 0 Å². The van der Waals surface area contributed by atoms with Crippen LogP contribution in [0, 0.1) is 0 Å². The monoisotopic (exact) mass is 1060 g/mol. The second kappa shape index (κ2) is 19.2. The van der Waals surface area contributed by atoms with E-state index >= 15 is 0 Å². The Morgan fingerprint density at radius 2 is 0.470 bits per heavy atom. The normalized spacial score (nSPS) is 14.6. The van der Waals surface area contributed by atoms with Crippen molar-refractivity contribution >= 4 is 80.0 Å². The summed E-state index contributed by atoms with van der Waals surface area (Å²) in [7, 11) is 0. The van der Waals surface area contributed by atoms with Crippen molar-refractivity contribution in [3.8, 4) is 33.4 Å². The minimum absolute atomic E-state index is 0.155. The Morgan fingerprint density at radius 1 is 0.217 bits per heavy atom. The minimum Gasteiger partial charge on any atom is -0.310 e. The fourth-order valence-electron chi connectivity index (χ4n) is 14.0. The number of para-hydroxylation sites is 2. The molecule has 0 fully saturated rings. The van der Waals surface area contributed by atoms with E-state index in [1.807, 2.05) is 0 Å². The Morgan fingerprint density at radius 3 is 0.795 bits per heavy atom. The van der Waals surface area contributed by atoms with Gasteiger partial charge in [0, 0.05) is 50.4 Å². The molecule has 0 amide bonds. The molecule has 0 heterocycles. The molecule has 0 unspecified atom stereocenters. The summed E-state index contributed by atoms with van der Waals surface area (Å²) in [5.74, 6) is 0. The molecule has 12 aromatic rings. The van der Waals surface area contributed by atoms with Gasteiger partial charge < -0.3 is 9.80 Å². The van der Waals surface area contributed by atoms with Crippen LogP contribution < -0.4 is 9.80 Å². The lowest BCUT2D eigenvalue weighted by atomic mass is 9.81. The summed E-state index contributed by atoms with van der Waals surface area (Å²) in [5.41, 5.74) is 27.3. The van der Waals surface area contributed by atoms with E-state index in [4.69, 9.17) is 0 Å². The molecule has 0 saturated heterocycles. The first-order chi connectivity index (χ1) is 40.4. The van der Waals surface area contributed by atoms with Crippen LogP contribution in [-0.4, -0.2) is 0 Å². The smallest absolute Gasteiger partial charge is 0.0468 e. The predicted octanol–water partition coefficient (Wildman–Crippen LogP) is 22.2. The topological polar surface area (TPSA) is 6.48 Å². The van der Waals surface area contributed by atoms with Crippen LogP contribution in [-0.2, 0) is 16.2 Å². The van der Waals surface area contributed by atoms with E-state index < -0.39 is 0 Å². The van der Waals surface area contributed by atoms with E-state index in [1.165, 1.54) is 111 Å². The standard InChI is InChI=1S/C81H64N2/c1-79(2)73-45-53(25-27-55-31-41-69-71-43-37-65(51-77(71)80(3,4)75(69)47-55)82(61-21-9-7-10-22-61)63-35-33-57-17-13-15-19-59(57)49-63)29-39-67(73)68-40-30-54(46-74(68)79)26-28-56-32-42-70-72-44-38-66(52-78(72)81(5,6)76(70)48-56)83(62-23-11-8-12-24-62)64-36-34-58-18-14-16-20-60(58)50-64/h7-52H,1-6H3/b27-25+,28-26+. The maximum Gasteiger partial charge on any atom is 0.0468 e. The van der Waals surface area contributed by atoms with E-state index in [9.17, 15) is 0 Å². The highest BCUT2D eigenvalue weighted by Crippen LogP contribution is 2.54. The molecule has 0 saturated carbocycles. The van der Waals surface area contributed by atoms with Crippen molar-refractivity contribution in [2.24, 2.45) is 0 Å². The van der Waals surface area contributed by atoms with Gasteiger partial charge in [0.15, 0.2) is 0 Å². The lowest BCUT2D eigenvalue weighted by Crippen LogP contribution is -2.16. The molecular formula is C81H64N2. The van der Waals surface area contributed by atoms with Gasteiger partial charge in [-0.25, -0.2) is 0 Å². The quantitative estimate of drug-likeness (QED) is 0.126. The summed E-state index contributed by atoms with van der Waals surface area (Å²) < 4.78 is 0. The molecule has 3 aliphatic carbocycles. The van der Waals surface area contributed by atoms with Crippen LogP contribution in [0.3, 0.4) is 0 Å². The lowest BCUT2D eigenvalue weighted by Gasteiger charge is -2.28. The molecule has 0 N–H and O–H groups in total. The Labute approximate surface area is 488 Å². The number of fused-ring (bicyclic) bond motifs is 11. The van der Waals surface area contributed by atoms with Gasteiger partial charge in [-0.3, -0.25) is 0 Å². The van der Waals surface area contributed by atoms with Crippen molar-refractivity contribution < 1.29 is 0 Å². The van der Waals surface area contributed by atoms with Gasteiger partial charge >= 0.3 is 0 Å². The van der Waals surface area contributed by atoms with Gasteiger partial charge in [-0.05, 0) is 183 Å². The molecule has 398 valence electrons. The van der Waals surface area contributed by atoms with Crippen LogP contribution in [0.2, 0.25) is 0 Å². The summed E-state index contributed by atoms with van der Waals surface area (Å²) in [6, 6.07) is 94.6. The van der Waals surface area contributed by atoms with E-state index in [1.54, 1.807) is 0 Å². The highest BCUT2D eigenvalue weighted by Gasteiger charge is 2.39. The van der Waals surface area contributed by atoms with Crippen LogP contribution in [0.4, 0.5) is 34.1 Å². The molecule has 0 bridgehead atoms. The predicted molar refractivity (Wildman–Crippen MR) is 354 cm³/mol. The third kappa shape index (κ3) is 8.38. The van der Waals surface area contributed by atoms with Crippen LogP contribution >= 0.6 is 0 Å². The van der Waals surface area contributed by atoms with Crippen molar-refractivity contribution in [1.29, 1.82) is 0 Å². The number of rotatable bonds is 10. The third-order valence-corrected chi connectivity index (χ3v) is 18.6. The van der Waals surface area contributed by atoms with Crippen molar-refractivity contribution in [2.75, 3.05) is 9.80 Å². The zero-order chi connectivity index (χ0) is 56.2. The van der Waals surface area contributed by atoms with Crippen molar-refractivity contribution in [3.63, 3.8) is 0 Å². The maximum absolute atomic E-state index is 2.42. The average molecular weight is 1070 g/mol. The van der Waals surface area contributed by atoms with Gasteiger partial charge in [-0.1, -0.05) is 248 Å². The highest BCUT2D eigenvalue weighted by atomic mass is 15.1. The van der Waals surface area contributed by atoms with E-state index in [2.05, 4.69) is 330 Å². The van der Waals surface area contributed by atoms with Gasteiger partial charge in [-0.15, -0.1) is 0 Å². The average Bonchev–Trinajstić information content (AvgIpc) is 4.02. The minimum atomic E-state index is -0.185. The third-order valence-electron chi connectivity index (χ3n) is 18.6. The first kappa shape index (κ1) is 50.2. The molecule has 2 heteroatoms. The second-order valence-corrected chi connectivity index (χ2v) is 24.6. The molecule has 0 spiro atoms. The lowest BCUT2D eigenvalue weighted by molar-refractivity contribution is 0.660. The van der Waals surface area contributed by atoms with Crippen molar-refractivity contribution in [1.82, 2.24) is 0 Å². The number of hydrogen-bond donors (Lipinski definition) is 0. The van der Waals surface area contributed by atoms with Gasteiger partial charge in [-0.2, -0.15) is 0 Å². The zero-order valence-electron chi connectivity index (χ0n) is 48.0. The van der Waals surface area contributed by atoms with Gasteiger partial charge in [0.1, 0.15) is 0 Å². The van der Waals surface area contributed by atoms with Crippen LogP contribution in [0.1, 0.15) is 97.2 Å². The maximum atomic E-state index is 2.42. The van der Waals surface area contributed by atoms with Gasteiger partial charge in [0.25, 0.3) is 0 Å². The molecule has 0 atom stereocenters. The number of anilines is 6. The van der Waals surface area contributed by atoms with E-state index in [-0.39, 0.29) is 16.2 Å². The Hall–Kier alpha value is -9.76. The number of nitrogens with zero attached hydrogens (tertiary/aromatic N) is 2. The summed E-state index contributed by atoms with van der Waals surface area (Å²) in [6.45, 7) is 14.3. The SMILES string of the molecule is CC1(C)c2cc(/C=C/c3ccc4c(c3)C(C)(C)c3cc(N(c5ccccc5)c5ccc6ccccc6c5)ccc3-4)ccc2-c2ccc(/C=C/c3ccc4c(c3)C(C)(C)c3cc(N(c5ccccc5)c5ccc6ccccc6c5)ccc3-4)cc21. The van der Waals surface area contributed by atoms with Crippen LogP contribution in [0.15, 0.2) is 255 Å². The Kier molecular flexibility index (Phi) is 11.6. The zero-order valence-corrected chi connectivity index (χ0v) is 48.0. The highest BCUT2D eigenvalue weighted by molar-refractivity contribution is 5.94. The van der Waals surface area contributed by atoms with Gasteiger partial charge in [0.05, 0.1) is 0 Å². The largest absolute Gasteiger partial charge is 0.310 e. The number of benzene rings is 12. The molecule has 83 heavy (non-hydrogen) atoms. The van der Waals surface area contributed by atoms with Crippen LogP contribution in [0.5, 0.6) is 0 Å². The molecule has 0 radical (unpaired) electrons. The summed E-state index contributed by atoms with van der Waals surface area (Å²) in [5, 5.41) is 4.95. The first-order valence-corrected chi connectivity index (χ1v) is 29.3. The van der Waals surface area contributed by atoms with Crippen molar-refractivity contribution in [2.45, 2.75) is 57.8 Å². The molecule has 3 aliphatic rings. The summed E-state index contributed by atoms with van der Waals surface area (Å²) in [4.78, 5) is 4.79. The molecular weight excluding hydrogens is 1000 g/mol. The van der Waals surface area contributed by atoms with E-state index in [0.29, 0.717) is 0 Å². The fourth-order valence-corrected chi connectivity index (χ4v) is 14.0. The van der Waals surface area contributed by atoms with Crippen molar-refractivity contribution in [3.05, 3.63) is 310 Å². The summed E-state index contributed by atoms with van der Waals surface area (Å²) in [6.07, 6.45) is 9.18. The Balaban J connectivity index is 0.665. The van der Waals surface area contributed by atoms with E-state index in [0.717, 1.165) is 34.1 Å². The molecule has 12 aromatic carbocycles. The second-order valence-electron chi connectivity index (χ2n) is 24.6. The molecule has 0 aromatic heterocycles. The molecule has 2 nitrogen and oxygen atoms in total. The molecule has 0 aliphatic heterocycles. The first-order valence-electron chi connectivity index (χ1n) is 29.3. The summed E-state index contributed by atoms with van der Waals surface area (Å²) >= 11 is 0. The van der Waals surface area contributed by atoms with Crippen LogP contribution in [0.25, 0.3) is 79.2 Å². The Bertz CT molecular complexity index is 4350. The number of hydrogen-bond acceptors (Lipinski definition) is 2. The molecule has 15 rings (SSSR count).